The Bertz CT molecular complexity index is 134. The summed E-state index contributed by atoms with van der Waals surface area (Å²) in [6, 6.07) is 0. The van der Waals surface area contributed by atoms with Gasteiger partial charge in [-0.3, -0.25) is 4.57 Å². The highest BCUT2D eigenvalue weighted by Gasteiger charge is 2.14. The molecule has 0 saturated carbocycles. The van der Waals surface area contributed by atoms with Gasteiger partial charge >= 0.3 is 0 Å². The highest BCUT2D eigenvalue weighted by molar-refractivity contribution is 7.89. The first-order valence-electron chi connectivity index (χ1n) is 2.11. The van der Waals surface area contributed by atoms with E-state index in [1.54, 1.807) is 14.1 Å². The van der Waals surface area contributed by atoms with Crippen molar-refractivity contribution in [2.45, 2.75) is 0 Å². The summed E-state index contributed by atoms with van der Waals surface area (Å²) in [6.45, 7) is 0.641. The first-order chi connectivity index (χ1) is 3.50. The van der Waals surface area contributed by atoms with Crippen LogP contribution in [0.1, 0.15) is 0 Å². The normalized spacial score (nSPS) is 18.0. The third-order valence-corrected chi connectivity index (χ3v) is 3.63. The molecule has 0 bridgehead atoms. The highest BCUT2D eigenvalue weighted by atomic mass is 35.7. The fourth-order valence-corrected chi connectivity index (χ4v) is 0.490. The van der Waals surface area contributed by atoms with Crippen molar-refractivity contribution in [2.24, 2.45) is 0 Å². The zero-order chi connectivity index (χ0) is 6.78. The van der Waals surface area contributed by atoms with Crippen LogP contribution < -0.4 is 0 Å². The van der Waals surface area contributed by atoms with Crippen LogP contribution in [0.15, 0.2) is 12.4 Å². The van der Waals surface area contributed by atoms with Crippen LogP contribution >= 0.6 is 17.9 Å². The molecule has 0 spiro atoms. The minimum Gasteiger partial charge on any atom is -0.284 e. The third-order valence-electron chi connectivity index (χ3n) is 0.771. The van der Waals surface area contributed by atoms with Crippen molar-refractivity contribution in [1.82, 2.24) is 4.67 Å². The van der Waals surface area contributed by atoms with Crippen LogP contribution in [0.4, 0.5) is 0 Å². The molecule has 0 aliphatic carbocycles. The van der Waals surface area contributed by atoms with E-state index in [-0.39, 0.29) is 0 Å². The van der Waals surface area contributed by atoms with Crippen molar-refractivity contribution in [3.63, 3.8) is 0 Å². The number of hydrogen-bond donors (Lipinski definition) is 0. The van der Waals surface area contributed by atoms with Crippen molar-refractivity contribution in [3.05, 3.63) is 12.4 Å². The molecular formula is C4H9ClNOP. The molecule has 0 N–H and O–H groups in total. The van der Waals surface area contributed by atoms with Gasteiger partial charge in [-0.2, -0.15) is 0 Å². The quantitative estimate of drug-likeness (QED) is 0.567. The van der Waals surface area contributed by atoms with Crippen molar-refractivity contribution < 1.29 is 4.57 Å². The first-order valence-corrected chi connectivity index (χ1v) is 4.75. The maximum absolute atomic E-state index is 10.9. The molecule has 48 valence electrons. The van der Waals surface area contributed by atoms with Crippen LogP contribution in [0.3, 0.4) is 0 Å². The smallest absolute Gasteiger partial charge is 0.255 e. The van der Waals surface area contributed by atoms with Gasteiger partial charge in [-0.1, -0.05) is 6.58 Å². The van der Waals surface area contributed by atoms with Crippen LogP contribution in [-0.2, 0) is 4.57 Å². The Hall–Kier alpha value is 0.220. The lowest BCUT2D eigenvalue weighted by Crippen LogP contribution is -2.01. The Morgan fingerprint density at radius 2 is 2.12 bits per heavy atom. The summed E-state index contributed by atoms with van der Waals surface area (Å²) in [5.74, 6) is 1.26. The van der Waals surface area contributed by atoms with Gasteiger partial charge in [0.1, 0.15) is 0 Å². The van der Waals surface area contributed by atoms with Crippen LogP contribution in [-0.4, -0.2) is 18.8 Å². The number of nitrogens with zero attached hydrogens (tertiary/aromatic N) is 1. The molecule has 0 saturated heterocycles. The average Bonchev–Trinajstić information content (AvgIpc) is 1.67. The summed E-state index contributed by atoms with van der Waals surface area (Å²) in [6.07, 6.45) is 0. The van der Waals surface area contributed by atoms with Gasteiger partial charge in [-0.05, 0) is 31.2 Å². The topological polar surface area (TPSA) is 20.3 Å². The van der Waals surface area contributed by atoms with E-state index in [1.165, 1.54) is 10.5 Å². The summed E-state index contributed by atoms with van der Waals surface area (Å²) in [4.78, 5) is 0. The van der Waals surface area contributed by atoms with E-state index in [2.05, 4.69) is 6.58 Å². The molecule has 0 heterocycles. The summed E-state index contributed by atoms with van der Waals surface area (Å²) < 4.78 is 12.3. The summed E-state index contributed by atoms with van der Waals surface area (Å²) in [5.41, 5.74) is 0. The molecule has 0 aliphatic heterocycles. The standard InChI is InChI=1S/C4H9ClNOP/c1-4-8(5,7)6(2)3/h4H,1H2,2-3H3. The summed E-state index contributed by atoms with van der Waals surface area (Å²) >= 11 is 5.42. The molecule has 0 aromatic rings. The lowest BCUT2D eigenvalue weighted by molar-refractivity contribution is 0.537. The van der Waals surface area contributed by atoms with Gasteiger partial charge in [0, 0.05) is 0 Å². The zero-order valence-electron chi connectivity index (χ0n) is 4.97. The Morgan fingerprint density at radius 1 is 1.75 bits per heavy atom. The van der Waals surface area contributed by atoms with E-state index in [0.29, 0.717) is 0 Å². The predicted octanol–water partition coefficient (Wildman–Crippen LogP) is 2.12. The van der Waals surface area contributed by atoms with E-state index in [0.717, 1.165) is 0 Å². The van der Waals surface area contributed by atoms with E-state index >= 15 is 0 Å². The predicted molar refractivity (Wildman–Crippen MR) is 37.3 cm³/mol. The van der Waals surface area contributed by atoms with Crippen molar-refractivity contribution in [2.75, 3.05) is 14.1 Å². The lowest BCUT2D eigenvalue weighted by Gasteiger charge is -2.11. The molecule has 2 nitrogen and oxygen atoms in total. The van der Waals surface area contributed by atoms with E-state index in [9.17, 15) is 4.57 Å². The van der Waals surface area contributed by atoms with Gasteiger partial charge in [0.25, 0.3) is 6.65 Å². The van der Waals surface area contributed by atoms with Gasteiger partial charge in [0.2, 0.25) is 0 Å². The Kier molecular flexibility index (Phi) is 2.75. The monoisotopic (exact) mass is 153 g/mol. The van der Waals surface area contributed by atoms with Gasteiger partial charge in [0.15, 0.2) is 0 Å². The molecule has 0 aromatic heterocycles. The molecule has 0 aromatic carbocycles. The highest BCUT2D eigenvalue weighted by Crippen LogP contribution is 2.53. The second kappa shape index (κ2) is 2.67. The minimum absolute atomic E-state index is 1.26. The second-order valence-electron chi connectivity index (χ2n) is 1.57. The van der Waals surface area contributed by atoms with Crippen LogP contribution in [0, 0.1) is 0 Å². The van der Waals surface area contributed by atoms with E-state index in [4.69, 9.17) is 11.2 Å². The van der Waals surface area contributed by atoms with Gasteiger partial charge in [-0.15, -0.1) is 0 Å². The molecule has 0 fully saturated rings. The average molecular weight is 154 g/mol. The molecule has 0 radical (unpaired) electrons. The maximum atomic E-state index is 10.9. The second-order valence-corrected chi connectivity index (χ2v) is 5.28. The molecule has 1 unspecified atom stereocenters. The third kappa shape index (κ3) is 1.99. The first kappa shape index (κ1) is 8.22. The van der Waals surface area contributed by atoms with Crippen molar-refractivity contribution in [1.29, 1.82) is 0 Å². The Morgan fingerprint density at radius 3 is 2.12 bits per heavy atom. The fraction of sp³-hybridized carbons (Fsp3) is 0.500. The summed E-state index contributed by atoms with van der Waals surface area (Å²) in [5, 5.41) is 0. The van der Waals surface area contributed by atoms with Crippen molar-refractivity contribution >= 4 is 17.9 Å². The minimum atomic E-state index is -2.68. The Balaban J connectivity index is 4.14. The lowest BCUT2D eigenvalue weighted by atomic mass is 11.3. The molecule has 0 rings (SSSR count). The Labute approximate surface area is 54.3 Å². The van der Waals surface area contributed by atoms with Gasteiger partial charge in [-0.25, -0.2) is 4.67 Å². The number of hydrogen-bond acceptors (Lipinski definition) is 1. The van der Waals surface area contributed by atoms with Crippen molar-refractivity contribution in [3.8, 4) is 0 Å². The van der Waals surface area contributed by atoms with Crippen LogP contribution in [0.2, 0.25) is 0 Å². The van der Waals surface area contributed by atoms with Gasteiger partial charge < -0.3 is 0 Å². The van der Waals surface area contributed by atoms with Crippen LogP contribution in [0.25, 0.3) is 0 Å². The van der Waals surface area contributed by atoms with E-state index < -0.39 is 6.65 Å². The zero-order valence-corrected chi connectivity index (χ0v) is 6.62. The molecule has 0 amide bonds. The number of rotatable bonds is 2. The van der Waals surface area contributed by atoms with E-state index in [1.807, 2.05) is 0 Å². The number of halogens is 1. The molecular weight excluding hydrogens is 144 g/mol. The molecule has 0 aliphatic rings. The molecule has 4 heteroatoms. The molecule has 8 heavy (non-hydrogen) atoms. The summed E-state index contributed by atoms with van der Waals surface area (Å²) in [7, 11) is 3.30. The SMILES string of the molecule is C=CP(=O)(Cl)N(C)C. The van der Waals surface area contributed by atoms with Gasteiger partial charge in [0.05, 0.1) is 0 Å². The fourth-order valence-electron chi connectivity index (χ4n) is 0.163. The molecule has 1 atom stereocenters. The largest absolute Gasteiger partial charge is 0.284 e. The maximum Gasteiger partial charge on any atom is 0.255 e. The van der Waals surface area contributed by atoms with Crippen LogP contribution in [0.5, 0.6) is 0 Å².